The van der Waals surface area contributed by atoms with E-state index < -0.39 is 0 Å². The van der Waals surface area contributed by atoms with E-state index in [0.29, 0.717) is 0 Å². The molecule has 0 spiro atoms. The van der Waals surface area contributed by atoms with E-state index in [-0.39, 0.29) is 11.5 Å². The first kappa shape index (κ1) is 19.0. The highest BCUT2D eigenvalue weighted by Gasteiger charge is 2.13. The van der Waals surface area contributed by atoms with Crippen LogP contribution in [0, 0.1) is 0 Å². The van der Waals surface area contributed by atoms with E-state index in [0.717, 1.165) is 23.7 Å². The maximum absolute atomic E-state index is 5.25. The number of amidine groups is 1. The molecule has 0 saturated heterocycles. The Kier molecular flexibility index (Phi) is 6.24. The lowest BCUT2D eigenvalue weighted by molar-refractivity contribution is 0.415. The summed E-state index contributed by atoms with van der Waals surface area (Å²) in [7, 11) is 1.67. The second kappa shape index (κ2) is 8.19. The van der Waals surface area contributed by atoms with Crippen molar-refractivity contribution in [2.24, 2.45) is 4.99 Å². The van der Waals surface area contributed by atoms with E-state index in [2.05, 4.69) is 57.3 Å². The molecule has 1 N–H and O–H groups in total. The Morgan fingerprint density at radius 2 is 1.80 bits per heavy atom. The maximum atomic E-state index is 5.25. The van der Waals surface area contributed by atoms with Gasteiger partial charge in [0.1, 0.15) is 5.75 Å². The molecule has 0 aliphatic rings. The van der Waals surface area contributed by atoms with Crippen LogP contribution in [-0.4, -0.2) is 19.0 Å². The van der Waals surface area contributed by atoms with Gasteiger partial charge in [-0.05, 0) is 48.9 Å². The van der Waals surface area contributed by atoms with E-state index >= 15 is 0 Å². The predicted molar refractivity (Wildman–Crippen MR) is 108 cm³/mol. The third-order valence-electron chi connectivity index (χ3n) is 4.16. The van der Waals surface area contributed by atoms with Gasteiger partial charge in [-0.15, -0.1) is 0 Å². The van der Waals surface area contributed by atoms with Crippen LogP contribution in [0.3, 0.4) is 0 Å². The zero-order chi connectivity index (χ0) is 18.4. The zero-order valence-electron chi connectivity index (χ0n) is 16.3. The first-order valence-electron chi connectivity index (χ1n) is 8.83. The fourth-order valence-corrected chi connectivity index (χ4v) is 2.80. The van der Waals surface area contributed by atoms with Gasteiger partial charge >= 0.3 is 0 Å². The van der Waals surface area contributed by atoms with E-state index in [1.165, 1.54) is 11.1 Å². The van der Waals surface area contributed by atoms with Crippen molar-refractivity contribution in [2.75, 3.05) is 12.4 Å². The number of nitrogens with zero attached hydrogens (tertiary/aromatic N) is 1. The van der Waals surface area contributed by atoms with Gasteiger partial charge in [-0.1, -0.05) is 51.1 Å². The second-order valence-corrected chi connectivity index (χ2v) is 7.57. The van der Waals surface area contributed by atoms with Crippen molar-refractivity contribution in [3.8, 4) is 5.75 Å². The lowest BCUT2D eigenvalue weighted by Gasteiger charge is -2.19. The van der Waals surface area contributed by atoms with Gasteiger partial charge in [-0.2, -0.15) is 0 Å². The summed E-state index contributed by atoms with van der Waals surface area (Å²) in [5, 5.41) is 3.33. The Bertz CT molecular complexity index is 712. The van der Waals surface area contributed by atoms with Crippen LogP contribution in [0.15, 0.2) is 53.5 Å². The molecular weight excluding hydrogens is 308 g/mol. The number of rotatable bonds is 5. The quantitative estimate of drug-likeness (QED) is 0.580. The standard InChI is InChI=1S/C22H30N2O/c1-16(14-18-10-12-19(13-11-18)22(3,4)5)23-17(2)24-20-8-7-9-21(15-20)25-6/h7-13,15-16H,14H2,1-6H3,(H,23,24). The fraction of sp³-hybridized carbons (Fsp3) is 0.409. The maximum Gasteiger partial charge on any atom is 0.120 e. The summed E-state index contributed by atoms with van der Waals surface area (Å²) in [5.41, 5.74) is 3.86. The highest BCUT2D eigenvalue weighted by atomic mass is 16.5. The van der Waals surface area contributed by atoms with E-state index in [9.17, 15) is 0 Å². The first-order chi connectivity index (χ1) is 11.8. The van der Waals surface area contributed by atoms with Gasteiger partial charge in [0.2, 0.25) is 0 Å². The molecule has 0 aliphatic carbocycles. The third-order valence-corrected chi connectivity index (χ3v) is 4.16. The number of ether oxygens (including phenoxy) is 1. The van der Waals surface area contributed by atoms with Crippen LogP contribution in [-0.2, 0) is 11.8 Å². The largest absolute Gasteiger partial charge is 0.497 e. The lowest BCUT2D eigenvalue weighted by Crippen LogP contribution is -2.14. The Balaban J connectivity index is 1.97. The van der Waals surface area contributed by atoms with Crippen molar-refractivity contribution in [2.45, 2.75) is 52.5 Å². The number of hydrogen-bond donors (Lipinski definition) is 1. The molecule has 1 atom stereocenters. The van der Waals surface area contributed by atoms with E-state index in [4.69, 9.17) is 9.73 Å². The molecule has 1 unspecified atom stereocenters. The summed E-state index contributed by atoms with van der Waals surface area (Å²) in [4.78, 5) is 4.76. The topological polar surface area (TPSA) is 33.6 Å². The molecule has 0 radical (unpaired) electrons. The van der Waals surface area contributed by atoms with Gasteiger partial charge in [0.05, 0.1) is 19.0 Å². The minimum absolute atomic E-state index is 0.194. The van der Waals surface area contributed by atoms with Crippen LogP contribution in [0.5, 0.6) is 5.75 Å². The molecule has 25 heavy (non-hydrogen) atoms. The van der Waals surface area contributed by atoms with Crippen molar-refractivity contribution in [3.05, 3.63) is 59.7 Å². The molecule has 0 saturated carbocycles. The second-order valence-electron chi connectivity index (χ2n) is 7.57. The monoisotopic (exact) mass is 338 g/mol. The molecule has 2 aromatic carbocycles. The number of methoxy groups -OCH3 is 1. The van der Waals surface area contributed by atoms with Crippen LogP contribution in [0.1, 0.15) is 45.7 Å². The number of nitrogens with one attached hydrogen (secondary N) is 1. The minimum atomic E-state index is 0.194. The first-order valence-corrected chi connectivity index (χ1v) is 8.83. The summed E-state index contributed by atoms with van der Waals surface area (Å²) >= 11 is 0. The van der Waals surface area contributed by atoms with Gasteiger partial charge in [-0.25, -0.2) is 0 Å². The summed E-state index contributed by atoms with van der Waals surface area (Å²) < 4.78 is 5.25. The molecule has 0 fully saturated rings. The Morgan fingerprint density at radius 1 is 1.12 bits per heavy atom. The molecule has 2 rings (SSSR count). The average Bonchev–Trinajstić information content (AvgIpc) is 2.54. The van der Waals surface area contributed by atoms with Crippen LogP contribution >= 0.6 is 0 Å². The molecule has 0 heterocycles. The summed E-state index contributed by atoms with van der Waals surface area (Å²) in [6.07, 6.45) is 0.932. The highest BCUT2D eigenvalue weighted by molar-refractivity contribution is 5.93. The lowest BCUT2D eigenvalue weighted by atomic mass is 9.86. The number of benzene rings is 2. The van der Waals surface area contributed by atoms with Crippen molar-refractivity contribution in [3.63, 3.8) is 0 Å². The number of hydrogen-bond acceptors (Lipinski definition) is 2. The zero-order valence-corrected chi connectivity index (χ0v) is 16.3. The molecule has 0 amide bonds. The summed E-state index contributed by atoms with van der Waals surface area (Å²) in [6.45, 7) is 10.9. The minimum Gasteiger partial charge on any atom is -0.497 e. The van der Waals surface area contributed by atoms with Crippen molar-refractivity contribution in [1.82, 2.24) is 0 Å². The highest BCUT2D eigenvalue weighted by Crippen LogP contribution is 2.22. The third kappa shape index (κ3) is 5.93. The SMILES string of the molecule is COc1cccc(NC(C)=NC(C)Cc2ccc(C(C)(C)C)cc2)c1. The molecular formula is C22H30N2O. The Morgan fingerprint density at radius 3 is 2.40 bits per heavy atom. The Labute approximate surface area is 152 Å². The average molecular weight is 338 g/mol. The van der Waals surface area contributed by atoms with Crippen molar-refractivity contribution < 1.29 is 4.74 Å². The molecule has 134 valence electrons. The Hall–Kier alpha value is -2.29. The van der Waals surface area contributed by atoms with Gasteiger partial charge in [-0.3, -0.25) is 4.99 Å². The molecule has 3 nitrogen and oxygen atoms in total. The van der Waals surface area contributed by atoms with E-state index in [1.54, 1.807) is 7.11 Å². The van der Waals surface area contributed by atoms with Crippen LogP contribution in [0.4, 0.5) is 5.69 Å². The van der Waals surface area contributed by atoms with Gasteiger partial charge in [0.15, 0.2) is 0 Å². The predicted octanol–water partition coefficient (Wildman–Crippen LogP) is 5.45. The number of aliphatic imine (C=N–C) groups is 1. The summed E-state index contributed by atoms with van der Waals surface area (Å²) in [6, 6.07) is 17.0. The smallest absolute Gasteiger partial charge is 0.120 e. The normalized spacial score (nSPS) is 13.4. The summed E-state index contributed by atoms with van der Waals surface area (Å²) in [5.74, 6) is 1.75. The molecule has 0 bridgehead atoms. The van der Waals surface area contributed by atoms with Crippen molar-refractivity contribution >= 4 is 11.5 Å². The van der Waals surface area contributed by atoms with Gasteiger partial charge in [0, 0.05) is 11.8 Å². The fourth-order valence-electron chi connectivity index (χ4n) is 2.80. The molecule has 0 aliphatic heterocycles. The van der Waals surface area contributed by atoms with Crippen molar-refractivity contribution in [1.29, 1.82) is 0 Å². The van der Waals surface area contributed by atoms with Crippen LogP contribution in [0.25, 0.3) is 0 Å². The molecule has 3 heteroatoms. The van der Waals surface area contributed by atoms with E-state index in [1.807, 2.05) is 31.2 Å². The van der Waals surface area contributed by atoms with Crippen LogP contribution < -0.4 is 10.1 Å². The van der Waals surface area contributed by atoms with Gasteiger partial charge in [0.25, 0.3) is 0 Å². The van der Waals surface area contributed by atoms with Gasteiger partial charge < -0.3 is 10.1 Å². The molecule has 2 aromatic rings. The van der Waals surface area contributed by atoms with Crippen LogP contribution in [0.2, 0.25) is 0 Å². The molecule has 0 aromatic heterocycles. The number of anilines is 1.